The average Bonchev–Trinajstić information content (AvgIpc) is 2.55. The van der Waals surface area contributed by atoms with E-state index >= 15 is 0 Å². The molecule has 5 nitrogen and oxygen atoms in total. The van der Waals surface area contributed by atoms with Crippen LogP contribution < -0.4 is 0 Å². The lowest BCUT2D eigenvalue weighted by Crippen LogP contribution is -2.56. The normalized spacial score (nSPS) is 35.4. The molecule has 26 heavy (non-hydrogen) atoms. The van der Waals surface area contributed by atoms with Gasteiger partial charge in [-0.2, -0.15) is 0 Å². The molecule has 0 spiro atoms. The average molecular weight is 362 g/mol. The summed E-state index contributed by atoms with van der Waals surface area (Å²) in [6, 6.07) is 0. The van der Waals surface area contributed by atoms with Crippen LogP contribution in [0, 0.1) is 30.1 Å². The second-order valence-electron chi connectivity index (χ2n) is 7.51. The number of carbonyl (C=O) groups excluding carboxylic acids is 2. The van der Waals surface area contributed by atoms with Crippen LogP contribution in [0.1, 0.15) is 47.5 Å². The van der Waals surface area contributed by atoms with Crippen molar-refractivity contribution in [2.24, 2.45) is 23.7 Å². The molecule has 0 aliphatic heterocycles. The fourth-order valence-electron chi connectivity index (χ4n) is 4.12. The van der Waals surface area contributed by atoms with Gasteiger partial charge in [-0.1, -0.05) is 26.0 Å². The summed E-state index contributed by atoms with van der Waals surface area (Å²) in [5, 5.41) is 11.4. The van der Waals surface area contributed by atoms with Crippen LogP contribution in [0.3, 0.4) is 0 Å². The quantitative estimate of drug-likeness (QED) is 0.462. The van der Waals surface area contributed by atoms with Gasteiger partial charge in [0.05, 0.1) is 18.6 Å². The Kier molecular flexibility index (Phi) is 6.67. The molecular weight excluding hydrogens is 332 g/mol. The molecule has 144 valence electrons. The molecule has 0 unspecified atom stereocenters. The minimum atomic E-state index is -1.14. The Balaban J connectivity index is 2.24. The van der Waals surface area contributed by atoms with E-state index in [-0.39, 0.29) is 35.6 Å². The number of hydrogen-bond acceptors (Lipinski definition) is 5. The summed E-state index contributed by atoms with van der Waals surface area (Å²) in [5.74, 6) is -0.570. The van der Waals surface area contributed by atoms with Gasteiger partial charge in [0.25, 0.3) is 0 Å². The Morgan fingerprint density at radius 3 is 2.77 bits per heavy atom. The topological polar surface area (TPSA) is 72.8 Å². The summed E-state index contributed by atoms with van der Waals surface area (Å²) in [7, 11) is 0. The Bertz CT molecular complexity index is 593. The molecular formula is C21H30O5. The van der Waals surface area contributed by atoms with Crippen LogP contribution in [0.2, 0.25) is 0 Å². The minimum Gasteiger partial charge on any atom is -0.463 e. The molecule has 1 saturated carbocycles. The molecule has 0 aromatic rings. The van der Waals surface area contributed by atoms with Crippen molar-refractivity contribution in [2.75, 3.05) is 6.61 Å². The maximum Gasteiger partial charge on any atom is 0.330 e. The van der Waals surface area contributed by atoms with E-state index in [4.69, 9.17) is 9.47 Å². The summed E-state index contributed by atoms with van der Waals surface area (Å²) >= 11 is 0. The predicted molar refractivity (Wildman–Crippen MR) is 97.8 cm³/mol. The van der Waals surface area contributed by atoms with E-state index in [0.29, 0.717) is 6.61 Å². The highest BCUT2D eigenvalue weighted by Gasteiger charge is 2.53. The van der Waals surface area contributed by atoms with Gasteiger partial charge in [0.15, 0.2) is 0 Å². The second-order valence-corrected chi connectivity index (χ2v) is 7.51. The van der Waals surface area contributed by atoms with Crippen LogP contribution in [-0.4, -0.2) is 35.4 Å². The van der Waals surface area contributed by atoms with Gasteiger partial charge in [-0.3, -0.25) is 4.79 Å². The second kappa shape index (κ2) is 8.38. The van der Waals surface area contributed by atoms with Crippen LogP contribution in [0.4, 0.5) is 0 Å². The highest BCUT2D eigenvalue weighted by Crippen LogP contribution is 2.50. The molecule has 0 aromatic carbocycles. The zero-order valence-electron chi connectivity index (χ0n) is 16.3. The molecule has 2 radical (unpaired) electrons. The van der Waals surface area contributed by atoms with Crippen LogP contribution in [0.5, 0.6) is 0 Å². The number of fused-ring (bicyclic) bond motifs is 1. The summed E-state index contributed by atoms with van der Waals surface area (Å²) in [6.45, 7) is 9.45. The maximum absolute atomic E-state index is 11.6. The minimum absolute atomic E-state index is 0.0207. The smallest absolute Gasteiger partial charge is 0.330 e. The molecule has 1 N–H and O–H groups in total. The van der Waals surface area contributed by atoms with E-state index in [1.54, 1.807) is 6.92 Å². The van der Waals surface area contributed by atoms with Crippen molar-refractivity contribution in [3.63, 3.8) is 0 Å². The van der Waals surface area contributed by atoms with Gasteiger partial charge in [0.1, 0.15) is 6.10 Å². The van der Waals surface area contributed by atoms with Crippen molar-refractivity contribution in [1.29, 1.82) is 0 Å². The van der Waals surface area contributed by atoms with Crippen molar-refractivity contribution in [2.45, 2.75) is 59.2 Å². The van der Waals surface area contributed by atoms with Crippen molar-refractivity contribution < 1.29 is 24.2 Å². The number of rotatable bonds is 5. The standard InChI is InChI=1S/C21H30O5/c1-6-25-20(23)10-7-13(2)17-9-8-15(4)21(24)12-19(26-16(5)22)14(3)11-18(17)21/h7,10-11,13,15,17-19,24H,6,8-9H2,1-5H3/t13-,15+,17-,18+,19+,21+/m0/s1. The van der Waals surface area contributed by atoms with E-state index in [1.807, 2.05) is 26.0 Å². The van der Waals surface area contributed by atoms with Gasteiger partial charge < -0.3 is 14.6 Å². The highest BCUT2D eigenvalue weighted by molar-refractivity contribution is 5.81. The lowest BCUT2D eigenvalue weighted by atomic mass is 9.57. The van der Waals surface area contributed by atoms with Gasteiger partial charge in [0, 0.05) is 18.9 Å². The number of aliphatic hydroxyl groups is 1. The highest BCUT2D eigenvalue weighted by atomic mass is 16.5. The van der Waals surface area contributed by atoms with E-state index in [9.17, 15) is 14.7 Å². The Hall–Kier alpha value is -1.62. The van der Waals surface area contributed by atoms with Gasteiger partial charge in [-0.15, -0.1) is 0 Å². The Morgan fingerprint density at radius 2 is 2.15 bits per heavy atom. The third-order valence-electron chi connectivity index (χ3n) is 5.65. The van der Waals surface area contributed by atoms with Crippen LogP contribution in [-0.2, 0) is 19.1 Å². The van der Waals surface area contributed by atoms with Gasteiger partial charge in [-0.25, -0.2) is 4.79 Å². The third-order valence-corrected chi connectivity index (χ3v) is 5.65. The van der Waals surface area contributed by atoms with Crippen LogP contribution in [0.25, 0.3) is 0 Å². The van der Waals surface area contributed by atoms with Gasteiger partial charge >= 0.3 is 11.9 Å². The molecule has 2 rings (SSSR count). The molecule has 1 fully saturated rings. The van der Waals surface area contributed by atoms with Crippen LogP contribution in [0.15, 0.2) is 23.8 Å². The lowest BCUT2D eigenvalue weighted by molar-refractivity contribution is -0.148. The molecule has 0 bridgehead atoms. The zero-order chi connectivity index (χ0) is 19.5. The van der Waals surface area contributed by atoms with Crippen molar-refractivity contribution >= 4 is 11.9 Å². The van der Waals surface area contributed by atoms with E-state index in [0.717, 1.165) is 18.4 Å². The maximum atomic E-state index is 11.6. The summed E-state index contributed by atoms with van der Waals surface area (Å²) in [6.07, 6.45) is 9.71. The van der Waals surface area contributed by atoms with E-state index in [2.05, 4.69) is 13.3 Å². The Labute approximate surface area is 156 Å². The fraction of sp³-hybridized carbons (Fsp3) is 0.667. The first-order valence-electron chi connectivity index (χ1n) is 9.39. The van der Waals surface area contributed by atoms with Gasteiger partial charge in [-0.05, 0) is 50.0 Å². The lowest BCUT2D eigenvalue weighted by Gasteiger charge is -2.52. The summed E-state index contributed by atoms with van der Waals surface area (Å²) in [4.78, 5) is 22.9. The Morgan fingerprint density at radius 1 is 1.46 bits per heavy atom. The van der Waals surface area contributed by atoms with Crippen molar-refractivity contribution in [3.05, 3.63) is 30.2 Å². The molecule has 2 aliphatic carbocycles. The van der Waals surface area contributed by atoms with Crippen molar-refractivity contribution in [1.82, 2.24) is 0 Å². The molecule has 0 heterocycles. The van der Waals surface area contributed by atoms with E-state index < -0.39 is 11.7 Å². The first-order valence-corrected chi connectivity index (χ1v) is 9.39. The molecule has 0 aromatic heterocycles. The van der Waals surface area contributed by atoms with Gasteiger partial charge in [0.2, 0.25) is 0 Å². The molecule has 2 aliphatic rings. The van der Waals surface area contributed by atoms with Crippen LogP contribution >= 0.6 is 0 Å². The zero-order valence-corrected chi connectivity index (χ0v) is 16.3. The fourth-order valence-corrected chi connectivity index (χ4v) is 4.12. The molecule has 5 heteroatoms. The molecule has 0 saturated heterocycles. The molecule has 0 amide bonds. The number of esters is 2. The summed E-state index contributed by atoms with van der Waals surface area (Å²) < 4.78 is 10.3. The number of allylic oxidation sites excluding steroid dienone is 1. The van der Waals surface area contributed by atoms with E-state index in [1.165, 1.54) is 13.0 Å². The first kappa shape index (κ1) is 20.7. The third kappa shape index (κ3) is 4.37. The number of ether oxygens (including phenoxy) is 2. The monoisotopic (exact) mass is 362 g/mol. The van der Waals surface area contributed by atoms with Crippen molar-refractivity contribution in [3.8, 4) is 0 Å². The number of carbonyl (C=O) groups is 2. The number of hydrogen-bond donors (Lipinski definition) is 1. The molecule has 6 atom stereocenters. The predicted octanol–water partition coefficient (Wildman–Crippen LogP) is 3.11. The SMILES string of the molecule is CCOC(=O)C=C[C@H](C)[C@@H]1CC[C@@H](C)[C@]2(O)[C][C@@H](OC(C)=O)C(C)=C[C@H]12. The first-order chi connectivity index (χ1) is 12.2. The largest absolute Gasteiger partial charge is 0.463 e. The summed E-state index contributed by atoms with van der Waals surface area (Å²) in [5.41, 5.74) is -0.260.